The molecule has 1 aromatic heterocycles. The molecule has 3 nitrogen and oxygen atoms in total. The molecule has 1 aromatic carbocycles. The first-order valence-corrected chi connectivity index (χ1v) is 7.42. The minimum Gasteiger partial charge on any atom is -0.369 e. The summed E-state index contributed by atoms with van der Waals surface area (Å²) in [6.45, 7) is 4.62. The highest BCUT2D eigenvalue weighted by atomic mass is 35.5. The summed E-state index contributed by atoms with van der Waals surface area (Å²) in [5.74, 6) is 2.07. The second-order valence-corrected chi connectivity index (χ2v) is 6.08. The van der Waals surface area contributed by atoms with Gasteiger partial charge in [0.05, 0.1) is 11.0 Å². The van der Waals surface area contributed by atoms with E-state index in [9.17, 15) is 0 Å². The van der Waals surface area contributed by atoms with Crippen molar-refractivity contribution in [3.05, 3.63) is 23.2 Å². The molecule has 2 N–H and O–H groups in total. The summed E-state index contributed by atoms with van der Waals surface area (Å²) in [6.07, 6.45) is 3.73. The molecule has 1 heterocycles. The maximum Gasteiger partial charge on any atom is 0.201 e. The number of nitrogen functional groups attached to an aromatic ring is 1. The van der Waals surface area contributed by atoms with Crippen molar-refractivity contribution in [3.63, 3.8) is 0 Å². The van der Waals surface area contributed by atoms with Gasteiger partial charge in [-0.1, -0.05) is 31.9 Å². The van der Waals surface area contributed by atoms with Crippen LogP contribution in [-0.4, -0.2) is 9.55 Å². The molecule has 1 aliphatic rings. The van der Waals surface area contributed by atoms with Gasteiger partial charge in [0.2, 0.25) is 5.95 Å². The van der Waals surface area contributed by atoms with Crippen molar-refractivity contribution in [1.82, 2.24) is 9.55 Å². The zero-order chi connectivity index (χ0) is 13.6. The lowest BCUT2D eigenvalue weighted by atomic mass is 9.93. The van der Waals surface area contributed by atoms with Crippen molar-refractivity contribution in [2.75, 3.05) is 5.73 Å². The van der Waals surface area contributed by atoms with Crippen LogP contribution < -0.4 is 5.73 Å². The van der Waals surface area contributed by atoms with Gasteiger partial charge in [0.25, 0.3) is 0 Å². The molecular formula is C15H20ClN3. The highest BCUT2D eigenvalue weighted by molar-refractivity contribution is 6.31. The Balaban J connectivity index is 2.08. The van der Waals surface area contributed by atoms with E-state index in [2.05, 4.69) is 23.4 Å². The Kier molecular flexibility index (Phi) is 3.17. The summed E-state index contributed by atoms with van der Waals surface area (Å²) in [6, 6.07) is 6.31. The van der Waals surface area contributed by atoms with Crippen molar-refractivity contribution in [3.8, 4) is 0 Å². The number of nitrogens with two attached hydrogens (primary N) is 1. The molecule has 3 unspecified atom stereocenters. The van der Waals surface area contributed by atoms with Crippen molar-refractivity contribution in [2.45, 2.75) is 39.2 Å². The predicted molar refractivity (Wildman–Crippen MR) is 80.4 cm³/mol. The molecule has 102 valence electrons. The van der Waals surface area contributed by atoms with E-state index in [4.69, 9.17) is 17.3 Å². The van der Waals surface area contributed by atoms with Crippen LogP contribution in [0.5, 0.6) is 0 Å². The number of nitrogens with zero attached hydrogens (tertiary/aromatic N) is 2. The Bertz CT molecular complexity index is 605. The Labute approximate surface area is 118 Å². The van der Waals surface area contributed by atoms with Gasteiger partial charge >= 0.3 is 0 Å². The molecule has 3 atom stereocenters. The van der Waals surface area contributed by atoms with Gasteiger partial charge in [-0.25, -0.2) is 4.98 Å². The molecule has 1 aliphatic carbocycles. The SMILES string of the molecule is CCC1CCC(n2c(N)nc3cc(Cl)ccc32)C1C. The molecule has 0 bridgehead atoms. The minimum atomic E-state index is 0.469. The third-order valence-corrected chi connectivity index (χ3v) is 4.95. The van der Waals surface area contributed by atoms with Crippen LogP contribution in [0, 0.1) is 11.8 Å². The summed E-state index contributed by atoms with van der Waals surface area (Å²) < 4.78 is 2.21. The lowest BCUT2D eigenvalue weighted by molar-refractivity contribution is 0.336. The van der Waals surface area contributed by atoms with Gasteiger partial charge in [-0.2, -0.15) is 0 Å². The van der Waals surface area contributed by atoms with Crippen molar-refractivity contribution < 1.29 is 0 Å². The van der Waals surface area contributed by atoms with Crippen LogP contribution in [0.25, 0.3) is 11.0 Å². The van der Waals surface area contributed by atoms with Crippen LogP contribution in [0.2, 0.25) is 5.02 Å². The summed E-state index contributed by atoms with van der Waals surface area (Å²) in [5.41, 5.74) is 8.15. The smallest absolute Gasteiger partial charge is 0.201 e. The largest absolute Gasteiger partial charge is 0.369 e. The lowest BCUT2D eigenvalue weighted by Gasteiger charge is -2.22. The summed E-state index contributed by atoms with van der Waals surface area (Å²) in [5, 5.41) is 0.711. The topological polar surface area (TPSA) is 43.8 Å². The van der Waals surface area contributed by atoms with Crippen molar-refractivity contribution >= 4 is 28.6 Å². The molecule has 3 rings (SSSR count). The van der Waals surface area contributed by atoms with Crippen LogP contribution in [-0.2, 0) is 0 Å². The van der Waals surface area contributed by atoms with Crippen molar-refractivity contribution in [1.29, 1.82) is 0 Å². The molecule has 1 fully saturated rings. The van der Waals surface area contributed by atoms with E-state index in [-0.39, 0.29) is 0 Å². The van der Waals surface area contributed by atoms with Crippen LogP contribution in [0.15, 0.2) is 18.2 Å². The number of benzene rings is 1. The fourth-order valence-electron chi connectivity index (χ4n) is 3.60. The first kappa shape index (κ1) is 12.8. The zero-order valence-corrected chi connectivity index (χ0v) is 12.2. The Morgan fingerprint density at radius 1 is 1.42 bits per heavy atom. The maximum atomic E-state index is 6.14. The highest BCUT2D eigenvalue weighted by Crippen LogP contribution is 2.44. The van der Waals surface area contributed by atoms with Crippen LogP contribution in [0.3, 0.4) is 0 Å². The van der Waals surface area contributed by atoms with Gasteiger partial charge in [-0.05, 0) is 42.9 Å². The second-order valence-electron chi connectivity index (χ2n) is 5.65. The van der Waals surface area contributed by atoms with E-state index >= 15 is 0 Å². The van der Waals surface area contributed by atoms with E-state index in [1.807, 2.05) is 18.2 Å². The molecule has 0 saturated heterocycles. The average Bonchev–Trinajstić information content (AvgIpc) is 2.88. The molecule has 1 saturated carbocycles. The number of aromatic nitrogens is 2. The third kappa shape index (κ3) is 2.00. The van der Waals surface area contributed by atoms with Gasteiger partial charge in [-0.3, -0.25) is 0 Å². The van der Waals surface area contributed by atoms with Gasteiger partial charge in [0.15, 0.2) is 0 Å². The van der Waals surface area contributed by atoms with E-state index in [0.29, 0.717) is 22.9 Å². The quantitative estimate of drug-likeness (QED) is 0.891. The Hall–Kier alpha value is -1.22. The summed E-state index contributed by atoms with van der Waals surface area (Å²) >= 11 is 6.02. The number of imidazole rings is 1. The van der Waals surface area contributed by atoms with E-state index < -0.39 is 0 Å². The van der Waals surface area contributed by atoms with Crippen molar-refractivity contribution in [2.24, 2.45) is 11.8 Å². The Morgan fingerprint density at radius 2 is 2.21 bits per heavy atom. The zero-order valence-electron chi connectivity index (χ0n) is 11.4. The maximum absolute atomic E-state index is 6.14. The molecular weight excluding hydrogens is 258 g/mol. The van der Waals surface area contributed by atoms with E-state index in [1.54, 1.807) is 0 Å². The number of hydrogen-bond acceptors (Lipinski definition) is 2. The number of halogens is 1. The predicted octanol–water partition coefficient (Wildman–Crippen LogP) is 4.27. The monoisotopic (exact) mass is 277 g/mol. The molecule has 2 aromatic rings. The van der Waals surface area contributed by atoms with Crippen LogP contribution >= 0.6 is 11.6 Å². The normalized spacial score (nSPS) is 27.2. The van der Waals surface area contributed by atoms with E-state index in [1.165, 1.54) is 19.3 Å². The fourth-order valence-corrected chi connectivity index (χ4v) is 3.77. The van der Waals surface area contributed by atoms with E-state index in [0.717, 1.165) is 17.0 Å². The summed E-state index contributed by atoms with van der Waals surface area (Å²) in [4.78, 5) is 4.46. The van der Waals surface area contributed by atoms with Crippen LogP contribution in [0.1, 0.15) is 39.2 Å². The molecule has 0 amide bonds. The lowest BCUT2D eigenvalue weighted by Crippen LogP contribution is -2.17. The number of anilines is 1. The second kappa shape index (κ2) is 4.71. The first-order chi connectivity index (χ1) is 9.11. The molecule has 19 heavy (non-hydrogen) atoms. The molecule has 0 radical (unpaired) electrons. The summed E-state index contributed by atoms with van der Waals surface area (Å²) in [7, 11) is 0. The molecule has 4 heteroatoms. The Morgan fingerprint density at radius 3 is 2.89 bits per heavy atom. The van der Waals surface area contributed by atoms with Gasteiger partial charge in [0, 0.05) is 11.1 Å². The minimum absolute atomic E-state index is 0.469. The average molecular weight is 278 g/mol. The fraction of sp³-hybridized carbons (Fsp3) is 0.533. The molecule has 0 spiro atoms. The number of fused-ring (bicyclic) bond motifs is 1. The number of hydrogen-bond donors (Lipinski definition) is 1. The molecule has 0 aliphatic heterocycles. The standard InChI is InChI=1S/C15H20ClN3/c1-3-10-4-6-13(9(10)2)19-14-7-5-11(16)8-12(14)18-15(19)17/h5,7-10,13H,3-4,6H2,1-2H3,(H2,17,18). The highest BCUT2D eigenvalue weighted by Gasteiger charge is 2.34. The van der Waals surface area contributed by atoms with Gasteiger partial charge in [0.1, 0.15) is 0 Å². The number of rotatable bonds is 2. The first-order valence-electron chi connectivity index (χ1n) is 7.04. The van der Waals surface area contributed by atoms with Gasteiger partial charge in [-0.15, -0.1) is 0 Å². The third-order valence-electron chi connectivity index (χ3n) is 4.72. The van der Waals surface area contributed by atoms with Crippen LogP contribution in [0.4, 0.5) is 5.95 Å². The van der Waals surface area contributed by atoms with Gasteiger partial charge < -0.3 is 10.3 Å².